The minimum Gasteiger partial charge on any atom is -0.497 e. The number of ether oxygens (including phenoxy) is 1. The number of hydrogen-bond donors (Lipinski definition) is 0. The number of rotatable bonds is 9. The van der Waals surface area contributed by atoms with Gasteiger partial charge in [-0.25, -0.2) is 0 Å². The Morgan fingerprint density at radius 3 is 2.33 bits per heavy atom. The van der Waals surface area contributed by atoms with Crippen LogP contribution < -0.4 is 4.74 Å². The van der Waals surface area contributed by atoms with Crippen LogP contribution in [0.1, 0.15) is 25.0 Å². The topological polar surface area (TPSA) is 49.7 Å². The zero-order valence-electron chi connectivity index (χ0n) is 16.1. The highest BCUT2D eigenvalue weighted by molar-refractivity contribution is 7.53. The van der Waals surface area contributed by atoms with Crippen molar-refractivity contribution >= 4 is 18.5 Å². The Bertz CT molecular complexity index is 926. The maximum atomic E-state index is 13.1. The molecule has 3 rings (SSSR count). The predicted octanol–water partition coefficient (Wildman–Crippen LogP) is 5.46. The number of fused-ring (bicyclic) bond motifs is 1. The largest absolute Gasteiger partial charge is 0.497 e. The first-order chi connectivity index (χ1) is 13.1. The Morgan fingerprint density at radius 2 is 1.70 bits per heavy atom. The van der Waals surface area contributed by atoms with Gasteiger partial charge in [0.25, 0.3) is 0 Å². The van der Waals surface area contributed by atoms with Gasteiger partial charge in [0.1, 0.15) is 5.75 Å². The Kier molecular flexibility index (Phi) is 6.38. The molecule has 1 aromatic heterocycles. The van der Waals surface area contributed by atoms with E-state index in [2.05, 4.69) is 16.7 Å². The van der Waals surface area contributed by atoms with Crippen molar-refractivity contribution in [1.82, 2.24) is 4.57 Å². The molecule has 0 bridgehead atoms. The number of hydrogen-bond acceptors (Lipinski definition) is 4. The smallest absolute Gasteiger partial charge is 0.335 e. The third kappa shape index (κ3) is 4.62. The van der Waals surface area contributed by atoms with E-state index in [0.717, 1.165) is 28.8 Å². The van der Waals surface area contributed by atoms with Gasteiger partial charge in [-0.3, -0.25) is 4.57 Å². The molecule has 5 nitrogen and oxygen atoms in total. The highest BCUT2D eigenvalue weighted by Gasteiger charge is 2.26. The summed E-state index contributed by atoms with van der Waals surface area (Å²) in [6, 6.07) is 16.2. The normalized spacial score (nSPS) is 11.8. The maximum absolute atomic E-state index is 13.1. The van der Waals surface area contributed by atoms with E-state index >= 15 is 0 Å². The van der Waals surface area contributed by atoms with Crippen LogP contribution in [0.25, 0.3) is 10.9 Å². The molecule has 0 radical (unpaired) electrons. The fourth-order valence-electron chi connectivity index (χ4n) is 3.24. The summed E-state index contributed by atoms with van der Waals surface area (Å²) in [5.74, 6) is 0.767. The van der Waals surface area contributed by atoms with Gasteiger partial charge < -0.3 is 18.4 Å². The molecule has 0 atom stereocenters. The molecule has 0 aliphatic carbocycles. The summed E-state index contributed by atoms with van der Waals surface area (Å²) < 4.78 is 31.6. The quantitative estimate of drug-likeness (QED) is 0.457. The van der Waals surface area contributed by atoms with Crippen molar-refractivity contribution in [3.8, 4) is 5.75 Å². The molecule has 0 aliphatic heterocycles. The van der Waals surface area contributed by atoms with Crippen LogP contribution in [0, 0.1) is 0 Å². The first-order valence-electron chi connectivity index (χ1n) is 9.16. The van der Waals surface area contributed by atoms with Gasteiger partial charge in [0.05, 0.1) is 26.5 Å². The highest BCUT2D eigenvalue weighted by Crippen LogP contribution is 2.52. The van der Waals surface area contributed by atoms with E-state index in [0.29, 0.717) is 13.2 Å². The first kappa shape index (κ1) is 19.7. The Morgan fingerprint density at radius 1 is 1.00 bits per heavy atom. The summed E-state index contributed by atoms with van der Waals surface area (Å²) in [5.41, 5.74) is 3.20. The standard InChI is InChI=1S/C21H26NO4P/c1-4-25-27(23,26-5-2)16-18-15-22(14-17-9-7-6-8-10-17)21-12-11-19(24-3)13-20(18)21/h6-13,15H,4-5,14,16H2,1-3H3. The third-order valence-corrected chi connectivity index (χ3v) is 6.41. The van der Waals surface area contributed by atoms with Crippen molar-refractivity contribution in [2.75, 3.05) is 20.3 Å². The molecule has 3 aromatic rings. The molecule has 0 amide bonds. The van der Waals surface area contributed by atoms with Crippen LogP contribution in [-0.4, -0.2) is 24.9 Å². The minimum absolute atomic E-state index is 0.236. The molecule has 27 heavy (non-hydrogen) atoms. The third-order valence-electron chi connectivity index (χ3n) is 4.38. The summed E-state index contributed by atoms with van der Waals surface area (Å²) in [7, 11) is -1.55. The van der Waals surface area contributed by atoms with Crippen molar-refractivity contribution in [2.45, 2.75) is 26.6 Å². The Hall–Kier alpha value is -2.07. The van der Waals surface area contributed by atoms with Crippen molar-refractivity contribution < 1.29 is 18.3 Å². The molecule has 0 saturated carbocycles. The van der Waals surface area contributed by atoms with E-state index in [1.54, 1.807) is 7.11 Å². The first-order valence-corrected chi connectivity index (χ1v) is 10.9. The number of benzene rings is 2. The fraction of sp³-hybridized carbons (Fsp3) is 0.333. The predicted molar refractivity (Wildman–Crippen MR) is 109 cm³/mol. The molecule has 0 unspecified atom stereocenters. The second kappa shape index (κ2) is 8.75. The van der Waals surface area contributed by atoms with Crippen molar-refractivity contribution in [1.29, 1.82) is 0 Å². The van der Waals surface area contributed by atoms with Gasteiger partial charge >= 0.3 is 7.60 Å². The monoisotopic (exact) mass is 387 g/mol. The summed E-state index contributed by atoms with van der Waals surface area (Å²) >= 11 is 0. The molecule has 0 N–H and O–H groups in total. The van der Waals surface area contributed by atoms with E-state index in [1.165, 1.54) is 5.56 Å². The van der Waals surface area contributed by atoms with Crippen LogP contribution in [0.2, 0.25) is 0 Å². The van der Waals surface area contributed by atoms with Gasteiger partial charge in [0, 0.05) is 23.6 Å². The molecule has 144 valence electrons. The van der Waals surface area contributed by atoms with Crippen LogP contribution >= 0.6 is 7.60 Å². The number of aromatic nitrogens is 1. The van der Waals surface area contributed by atoms with Crippen LogP contribution in [0.15, 0.2) is 54.7 Å². The molecule has 0 saturated heterocycles. The van der Waals surface area contributed by atoms with E-state index in [9.17, 15) is 4.57 Å². The van der Waals surface area contributed by atoms with Gasteiger partial charge in [-0.15, -0.1) is 0 Å². The van der Waals surface area contributed by atoms with E-state index in [1.807, 2.05) is 56.4 Å². The van der Waals surface area contributed by atoms with E-state index < -0.39 is 7.60 Å². The van der Waals surface area contributed by atoms with Gasteiger partial charge in [-0.05, 0) is 43.2 Å². The lowest BCUT2D eigenvalue weighted by Gasteiger charge is -2.16. The highest BCUT2D eigenvalue weighted by atomic mass is 31.2. The van der Waals surface area contributed by atoms with Crippen molar-refractivity contribution in [3.05, 3.63) is 65.9 Å². The molecule has 2 aromatic carbocycles. The van der Waals surface area contributed by atoms with Crippen molar-refractivity contribution in [3.63, 3.8) is 0 Å². The van der Waals surface area contributed by atoms with Crippen molar-refractivity contribution in [2.24, 2.45) is 0 Å². The second-order valence-corrected chi connectivity index (χ2v) is 8.31. The Balaban J connectivity index is 2.04. The molecular weight excluding hydrogens is 361 g/mol. The van der Waals surface area contributed by atoms with Gasteiger partial charge in [-0.2, -0.15) is 0 Å². The minimum atomic E-state index is -3.19. The Labute approximate surface area is 160 Å². The molecule has 1 heterocycles. The maximum Gasteiger partial charge on any atom is 0.335 e. The summed E-state index contributed by atoms with van der Waals surface area (Å²) in [6.07, 6.45) is 2.28. The van der Waals surface area contributed by atoms with E-state index in [-0.39, 0.29) is 6.16 Å². The van der Waals surface area contributed by atoms with Crippen LogP contribution in [0.4, 0.5) is 0 Å². The van der Waals surface area contributed by atoms with Crippen LogP contribution in [-0.2, 0) is 26.3 Å². The summed E-state index contributed by atoms with van der Waals surface area (Å²) in [4.78, 5) is 0. The molecule has 0 aliphatic rings. The zero-order chi connectivity index (χ0) is 19.3. The van der Waals surface area contributed by atoms with Gasteiger partial charge in [0.15, 0.2) is 0 Å². The lowest BCUT2D eigenvalue weighted by Crippen LogP contribution is -1.99. The molecule has 6 heteroatoms. The number of methoxy groups -OCH3 is 1. The average molecular weight is 387 g/mol. The second-order valence-electron chi connectivity index (χ2n) is 6.26. The lowest BCUT2D eigenvalue weighted by molar-refractivity contribution is 0.219. The SMILES string of the molecule is CCOP(=O)(Cc1cn(Cc2ccccc2)c2ccc(OC)cc12)OCC. The average Bonchev–Trinajstić information content (AvgIpc) is 2.99. The zero-order valence-corrected chi connectivity index (χ0v) is 16.9. The number of nitrogens with zero attached hydrogens (tertiary/aromatic N) is 1. The van der Waals surface area contributed by atoms with Crippen LogP contribution in [0.5, 0.6) is 5.75 Å². The van der Waals surface area contributed by atoms with Gasteiger partial charge in [-0.1, -0.05) is 30.3 Å². The lowest BCUT2D eigenvalue weighted by atomic mass is 10.2. The van der Waals surface area contributed by atoms with Gasteiger partial charge in [0.2, 0.25) is 0 Å². The summed E-state index contributed by atoms with van der Waals surface area (Å²) in [5, 5.41) is 1.00. The summed E-state index contributed by atoms with van der Waals surface area (Å²) in [6.45, 7) is 5.09. The van der Waals surface area contributed by atoms with Crippen LogP contribution in [0.3, 0.4) is 0 Å². The molecular formula is C21H26NO4P. The fourth-order valence-corrected chi connectivity index (χ4v) is 4.96. The molecule has 0 fully saturated rings. The molecule has 0 spiro atoms. The van der Waals surface area contributed by atoms with E-state index in [4.69, 9.17) is 13.8 Å².